The van der Waals surface area contributed by atoms with Crippen molar-refractivity contribution in [2.24, 2.45) is 0 Å². The maximum absolute atomic E-state index is 5.31. The molecule has 1 heterocycles. The van der Waals surface area contributed by atoms with Crippen LogP contribution in [0.15, 0.2) is 6.20 Å². The number of aromatic nitrogens is 2. The highest BCUT2D eigenvalue weighted by molar-refractivity contribution is 5.31. The third-order valence-electron chi connectivity index (χ3n) is 3.76. The lowest BCUT2D eigenvalue weighted by Crippen LogP contribution is -2.21. The SMILES string of the molecule is CCC(COC)n1cc(C)nc1NC1CCCC1. The van der Waals surface area contributed by atoms with E-state index in [4.69, 9.17) is 4.74 Å². The third kappa shape index (κ3) is 3.05. The second-order valence-electron chi connectivity index (χ2n) is 5.26. The molecule has 0 radical (unpaired) electrons. The van der Waals surface area contributed by atoms with Crippen molar-refractivity contribution in [1.82, 2.24) is 9.55 Å². The summed E-state index contributed by atoms with van der Waals surface area (Å²) in [5, 5.41) is 3.60. The van der Waals surface area contributed by atoms with Crippen LogP contribution in [0.5, 0.6) is 0 Å². The van der Waals surface area contributed by atoms with E-state index in [-0.39, 0.29) is 0 Å². The van der Waals surface area contributed by atoms with Crippen LogP contribution in [0.2, 0.25) is 0 Å². The smallest absolute Gasteiger partial charge is 0.203 e. The Hall–Kier alpha value is -1.03. The number of nitrogens with one attached hydrogen (secondary N) is 1. The van der Waals surface area contributed by atoms with Crippen LogP contribution in [0.25, 0.3) is 0 Å². The molecule has 1 unspecified atom stereocenters. The number of aryl methyl sites for hydroxylation is 1. The summed E-state index contributed by atoms with van der Waals surface area (Å²) in [4.78, 5) is 4.62. The molecule has 2 rings (SSSR count). The molecule has 1 atom stereocenters. The molecule has 1 aliphatic rings. The molecule has 102 valence electrons. The van der Waals surface area contributed by atoms with Crippen molar-refractivity contribution in [3.63, 3.8) is 0 Å². The van der Waals surface area contributed by atoms with Gasteiger partial charge in [0.25, 0.3) is 0 Å². The highest BCUT2D eigenvalue weighted by Crippen LogP contribution is 2.25. The molecule has 1 N–H and O–H groups in total. The summed E-state index contributed by atoms with van der Waals surface area (Å²) < 4.78 is 7.55. The number of nitrogens with zero attached hydrogens (tertiary/aromatic N) is 2. The van der Waals surface area contributed by atoms with Gasteiger partial charge in [0.05, 0.1) is 18.3 Å². The standard InChI is InChI=1S/C14H25N3O/c1-4-13(10-18-3)17-9-11(2)15-14(17)16-12-7-5-6-8-12/h9,12-13H,4-8,10H2,1-3H3,(H,15,16). The summed E-state index contributed by atoms with van der Waals surface area (Å²) in [5.74, 6) is 1.02. The van der Waals surface area contributed by atoms with E-state index in [2.05, 4.69) is 34.9 Å². The zero-order valence-electron chi connectivity index (χ0n) is 11.8. The second kappa shape index (κ2) is 6.23. The molecule has 0 aromatic carbocycles. The molecule has 0 bridgehead atoms. The number of anilines is 1. The van der Waals surface area contributed by atoms with Crippen molar-refractivity contribution < 1.29 is 4.74 Å². The first-order valence-corrected chi connectivity index (χ1v) is 7.05. The van der Waals surface area contributed by atoms with Crippen LogP contribution >= 0.6 is 0 Å². The summed E-state index contributed by atoms with van der Waals surface area (Å²) >= 11 is 0. The molecule has 18 heavy (non-hydrogen) atoms. The number of imidazole rings is 1. The normalized spacial score (nSPS) is 18.2. The third-order valence-corrected chi connectivity index (χ3v) is 3.76. The molecule has 0 saturated heterocycles. The number of rotatable bonds is 6. The average Bonchev–Trinajstić information content (AvgIpc) is 2.97. The summed E-state index contributed by atoms with van der Waals surface area (Å²) in [6.45, 7) is 4.99. The predicted molar refractivity (Wildman–Crippen MR) is 74.0 cm³/mol. The summed E-state index contributed by atoms with van der Waals surface area (Å²) in [6, 6.07) is 0.978. The monoisotopic (exact) mass is 251 g/mol. The molecule has 1 fully saturated rings. The molecular formula is C14H25N3O. The largest absolute Gasteiger partial charge is 0.383 e. The minimum Gasteiger partial charge on any atom is -0.383 e. The van der Waals surface area contributed by atoms with Gasteiger partial charge in [0.1, 0.15) is 0 Å². The van der Waals surface area contributed by atoms with E-state index in [1.807, 2.05) is 0 Å². The molecule has 0 spiro atoms. The molecule has 1 aromatic heterocycles. The van der Waals surface area contributed by atoms with Crippen molar-refractivity contribution in [3.8, 4) is 0 Å². The summed E-state index contributed by atoms with van der Waals surface area (Å²) in [5.41, 5.74) is 1.07. The lowest BCUT2D eigenvalue weighted by molar-refractivity contribution is 0.154. The van der Waals surface area contributed by atoms with Crippen LogP contribution in [0.4, 0.5) is 5.95 Å². The van der Waals surface area contributed by atoms with E-state index in [1.54, 1.807) is 7.11 Å². The number of hydrogen-bond donors (Lipinski definition) is 1. The molecule has 1 saturated carbocycles. The molecular weight excluding hydrogens is 226 g/mol. The van der Waals surface area contributed by atoms with Crippen LogP contribution < -0.4 is 5.32 Å². The van der Waals surface area contributed by atoms with Gasteiger partial charge in [-0.1, -0.05) is 19.8 Å². The second-order valence-corrected chi connectivity index (χ2v) is 5.26. The summed E-state index contributed by atoms with van der Waals surface area (Å²) in [7, 11) is 1.76. The van der Waals surface area contributed by atoms with Gasteiger partial charge in [-0.3, -0.25) is 0 Å². The van der Waals surface area contributed by atoms with Crippen LogP contribution in [0.3, 0.4) is 0 Å². The highest BCUT2D eigenvalue weighted by atomic mass is 16.5. The van der Waals surface area contributed by atoms with Crippen molar-refractivity contribution in [1.29, 1.82) is 0 Å². The van der Waals surface area contributed by atoms with Crippen molar-refractivity contribution >= 4 is 5.95 Å². The Bertz CT molecular complexity index is 369. The number of hydrogen-bond acceptors (Lipinski definition) is 3. The Morgan fingerprint density at radius 3 is 2.83 bits per heavy atom. The predicted octanol–water partition coefficient (Wildman–Crippen LogP) is 3.14. The Kier molecular flexibility index (Phi) is 4.64. The maximum atomic E-state index is 5.31. The molecule has 4 heteroatoms. The van der Waals surface area contributed by atoms with Gasteiger partial charge in [-0.25, -0.2) is 4.98 Å². The fourth-order valence-electron chi connectivity index (χ4n) is 2.74. The Labute approximate surface area is 110 Å². The quantitative estimate of drug-likeness (QED) is 0.844. The fourth-order valence-corrected chi connectivity index (χ4v) is 2.74. The van der Waals surface area contributed by atoms with Gasteiger partial charge in [0.15, 0.2) is 0 Å². The van der Waals surface area contributed by atoms with Crippen molar-refractivity contribution in [2.75, 3.05) is 19.0 Å². The van der Waals surface area contributed by atoms with Crippen LogP contribution in [-0.4, -0.2) is 29.3 Å². The van der Waals surface area contributed by atoms with Crippen molar-refractivity contribution in [3.05, 3.63) is 11.9 Å². The summed E-state index contributed by atoms with van der Waals surface area (Å²) in [6.07, 6.45) is 8.41. The van der Waals surface area contributed by atoms with E-state index in [0.717, 1.165) is 24.7 Å². The first kappa shape index (κ1) is 13.4. The van der Waals surface area contributed by atoms with Crippen LogP contribution in [0, 0.1) is 6.92 Å². The zero-order chi connectivity index (χ0) is 13.0. The molecule has 1 aromatic rings. The van der Waals surface area contributed by atoms with E-state index in [9.17, 15) is 0 Å². The van der Waals surface area contributed by atoms with Gasteiger partial charge in [0.2, 0.25) is 5.95 Å². The fraction of sp³-hybridized carbons (Fsp3) is 0.786. The van der Waals surface area contributed by atoms with E-state index in [1.165, 1.54) is 25.7 Å². The molecule has 0 aliphatic heterocycles. The lowest BCUT2D eigenvalue weighted by Gasteiger charge is -2.20. The van der Waals surface area contributed by atoms with Gasteiger partial charge in [-0.05, 0) is 26.2 Å². The first-order valence-electron chi connectivity index (χ1n) is 7.05. The van der Waals surface area contributed by atoms with Gasteiger partial charge in [-0.2, -0.15) is 0 Å². The lowest BCUT2D eigenvalue weighted by atomic mass is 10.2. The first-order chi connectivity index (χ1) is 8.74. The maximum Gasteiger partial charge on any atom is 0.203 e. The number of methoxy groups -OCH3 is 1. The van der Waals surface area contributed by atoms with E-state index < -0.39 is 0 Å². The Morgan fingerprint density at radius 1 is 1.50 bits per heavy atom. The highest BCUT2D eigenvalue weighted by Gasteiger charge is 2.19. The number of ether oxygens (including phenoxy) is 1. The van der Waals surface area contributed by atoms with Gasteiger partial charge < -0.3 is 14.6 Å². The molecule has 4 nitrogen and oxygen atoms in total. The van der Waals surface area contributed by atoms with Crippen LogP contribution in [-0.2, 0) is 4.74 Å². The Morgan fingerprint density at radius 2 is 2.22 bits per heavy atom. The molecule has 1 aliphatic carbocycles. The van der Waals surface area contributed by atoms with Crippen molar-refractivity contribution in [2.45, 2.75) is 58.0 Å². The van der Waals surface area contributed by atoms with Gasteiger partial charge in [0, 0.05) is 19.3 Å². The zero-order valence-corrected chi connectivity index (χ0v) is 11.8. The molecule has 0 amide bonds. The average molecular weight is 251 g/mol. The topological polar surface area (TPSA) is 39.1 Å². The minimum atomic E-state index is 0.375. The minimum absolute atomic E-state index is 0.375. The van der Waals surface area contributed by atoms with E-state index >= 15 is 0 Å². The van der Waals surface area contributed by atoms with Gasteiger partial charge in [-0.15, -0.1) is 0 Å². The van der Waals surface area contributed by atoms with Crippen LogP contribution in [0.1, 0.15) is 50.8 Å². The van der Waals surface area contributed by atoms with Gasteiger partial charge >= 0.3 is 0 Å². The Balaban J connectivity index is 2.12. The van der Waals surface area contributed by atoms with E-state index in [0.29, 0.717) is 12.1 Å².